The van der Waals surface area contributed by atoms with Crippen molar-refractivity contribution in [3.8, 4) is 0 Å². The molecule has 1 heteroatoms. The van der Waals surface area contributed by atoms with Crippen LogP contribution in [0.15, 0.2) is 0 Å². The van der Waals surface area contributed by atoms with Gasteiger partial charge in [0.1, 0.15) is 0 Å². The normalized spacial score (nSPS) is 50.0. The first-order valence-electron chi connectivity index (χ1n) is 8.30. The van der Waals surface area contributed by atoms with E-state index in [0.29, 0.717) is 5.54 Å². The molecular weight excluding hydrogens is 218 g/mol. The zero-order chi connectivity index (χ0) is 12.4. The standard InChI is InChI=1S/C17H29N/c1-16(2)4-3-5-18(16)12-17-9-13-6-14(10-17)8-15(7-13)11-17/h13-15H,3-12H2,1-2H3. The molecule has 102 valence electrons. The van der Waals surface area contributed by atoms with Crippen molar-refractivity contribution >= 4 is 0 Å². The van der Waals surface area contributed by atoms with E-state index in [2.05, 4.69) is 18.7 Å². The van der Waals surface area contributed by atoms with Crippen LogP contribution in [0.3, 0.4) is 0 Å². The molecule has 5 rings (SSSR count). The molecule has 1 heterocycles. The fourth-order valence-corrected chi connectivity index (χ4v) is 6.34. The molecule has 5 aliphatic rings. The van der Waals surface area contributed by atoms with Crippen LogP contribution in [-0.2, 0) is 0 Å². The number of likely N-dealkylation sites (tertiary alicyclic amines) is 1. The van der Waals surface area contributed by atoms with Crippen molar-refractivity contribution in [2.24, 2.45) is 23.2 Å². The van der Waals surface area contributed by atoms with Gasteiger partial charge in [0.05, 0.1) is 0 Å². The van der Waals surface area contributed by atoms with E-state index in [1.165, 1.54) is 25.9 Å². The predicted octanol–water partition coefficient (Wildman–Crippen LogP) is 4.08. The van der Waals surface area contributed by atoms with Gasteiger partial charge in [-0.2, -0.15) is 0 Å². The average Bonchev–Trinajstić information content (AvgIpc) is 2.55. The molecule has 0 aromatic rings. The first-order valence-corrected chi connectivity index (χ1v) is 8.30. The summed E-state index contributed by atoms with van der Waals surface area (Å²) in [5, 5.41) is 0. The highest BCUT2D eigenvalue weighted by molar-refractivity contribution is 5.04. The van der Waals surface area contributed by atoms with Crippen molar-refractivity contribution in [1.82, 2.24) is 4.90 Å². The maximum absolute atomic E-state index is 2.85. The minimum atomic E-state index is 0.489. The molecule has 0 radical (unpaired) electrons. The zero-order valence-electron chi connectivity index (χ0n) is 12.3. The van der Waals surface area contributed by atoms with Gasteiger partial charge in [0, 0.05) is 12.1 Å². The molecule has 1 saturated heterocycles. The molecule has 0 aromatic heterocycles. The van der Waals surface area contributed by atoms with Crippen molar-refractivity contribution in [1.29, 1.82) is 0 Å². The van der Waals surface area contributed by atoms with Crippen LogP contribution in [0.2, 0.25) is 0 Å². The summed E-state index contributed by atoms with van der Waals surface area (Å²) in [6.07, 6.45) is 12.3. The van der Waals surface area contributed by atoms with Crippen molar-refractivity contribution < 1.29 is 0 Å². The molecule has 1 aliphatic heterocycles. The maximum Gasteiger partial charge on any atom is 0.0153 e. The average molecular weight is 247 g/mol. The van der Waals surface area contributed by atoms with Gasteiger partial charge < -0.3 is 0 Å². The number of hydrogen-bond acceptors (Lipinski definition) is 1. The predicted molar refractivity (Wildman–Crippen MR) is 75.5 cm³/mol. The van der Waals surface area contributed by atoms with Crippen LogP contribution in [0.25, 0.3) is 0 Å². The van der Waals surface area contributed by atoms with E-state index in [9.17, 15) is 0 Å². The van der Waals surface area contributed by atoms with E-state index < -0.39 is 0 Å². The Kier molecular flexibility index (Phi) is 2.45. The molecule has 0 N–H and O–H groups in total. The van der Waals surface area contributed by atoms with Gasteiger partial charge in [-0.15, -0.1) is 0 Å². The highest BCUT2D eigenvalue weighted by Crippen LogP contribution is 2.60. The Bertz CT molecular complexity index is 308. The van der Waals surface area contributed by atoms with Crippen LogP contribution in [0.5, 0.6) is 0 Å². The fourth-order valence-electron chi connectivity index (χ4n) is 6.34. The van der Waals surface area contributed by atoms with Crippen molar-refractivity contribution in [3.05, 3.63) is 0 Å². The molecule has 4 saturated carbocycles. The Balaban J connectivity index is 1.54. The molecule has 4 aliphatic carbocycles. The van der Waals surface area contributed by atoms with Crippen LogP contribution in [0.4, 0.5) is 0 Å². The third-order valence-electron chi connectivity index (χ3n) is 6.76. The Morgan fingerprint density at radius 2 is 1.50 bits per heavy atom. The summed E-state index contributed by atoms with van der Waals surface area (Å²) in [5.41, 5.74) is 1.24. The van der Waals surface area contributed by atoms with Crippen LogP contribution in [0.1, 0.15) is 65.2 Å². The first kappa shape index (κ1) is 11.8. The van der Waals surface area contributed by atoms with E-state index in [1.807, 2.05) is 0 Å². The monoisotopic (exact) mass is 247 g/mol. The van der Waals surface area contributed by atoms with E-state index in [1.54, 1.807) is 38.5 Å². The van der Waals surface area contributed by atoms with E-state index in [0.717, 1.165) is 23.2 Å². The van der Waals surface area contributed by atoms with Crippen LogP contribution < -0.4 is 0 Å². The Labute approximate surface area is 112 Å². The second kappa shape index (κ2) is 3.75. The van der Waals surface area contributed by atoms with Crippen molar-refractivity contribution in [2.45, 2.75) is 70.8 Å². The molecule has 5 fully saturated rings. The third-order valence-corrected chi connectivity index (χ3v) is 6.76. The second-order valence-corrected chi connectivity index (χ2v) is 8.76. The van der Waals surface area contributed by atoms with Crippen LogP contribution >= 0.6 is 0 Å². The first-order chi connectivity index (χ1) is 8.55. The number of nitrogens with zero attached hydrogens (tertiary/aromatic N) is 1. The molecule has 0 spiro atoms. The lowest BCUT2D eigenvalue weighted by Gasteiger charge is -2.58. The van der Waals surface area contributed by atoms with Crippen LogP contribution in [-0.4, -0.2) is 23.5 Å². The fraction of sp³-hybridized carbons (Fsp3) is 1.00. The summed E-state index contributed by atoms with van der Waals surface area (Å²) in [7, 11) is 0. The zero-order valence-corrected chi connectivity index (χ0v) is 12.3. The Hall–Kier alpha value is -0.0400. The topological polar surface area (TPSA) is 3.24 Å². The van der Waals surface area contributed by atoms with Gasteiger partial charge in [-0.3, -0.25) is 4.90 Å². The van der Waals surface area contributed by atoms with E-state index in [4.69, 9.17) is 0 Å². The molecular formula is C17H29N. The van der Waals surface area contributed by atoms with Crippen molar-refractivity contribution in [2.75, 3.05) is 13.1 Å². The summed E-state index contributed by atoms with van der Waals surface area (Å²) in [4.78, 5) is 2.85. The van der Waals surface area contributed by atoms with Gasteiger partial charge in [0.2, 0.25) is 0 Å². The number of hydrogen-bond donors (Lipinski definition) is 0. The quantitative estimate of drug-likeness (QED) is 0.711. The Morgan fingerprint density at radius 1 is 0.944 bits per heavy atom. The molecule has 1 nitrogen and oxygen atoms in total. The molecule has 0 atom stereocenters. The van der Waals surface area contributed by atoms with Gasteiger partial charge in [0.15, 0.2) is 0 Å². The number of rotatable bonds is 2. The minimum Gasteiger partial charge on any atom is -0.298 e. The second-order valence-electron chi connectivity index (χ2n) is 8.76. The van der Waals surface area contributed by atoms with Gasteiger partial charge in [0.25, 0.3) is 0 Å². The van der Waals surface area contributed by atoms with Crippen molar-refractivity contribution in [3.63, 3.8) is 0 Å². The largest absolute Gasteiger partial charge is 0.298 e. The van der Waals surface area contributed by atoms with E-state index in [-0.39, 0.29) is 0 Å². The summed E-state index contributed by atoms with van der Waals surface area (Å²) in [6.45, 7) is 7.75. The van der Waals surface area contributed by atoms with Gasteiger partial charge in [-0.1, -0.05) is 0 Å². The Morgan fingerprint density at radius 3 is 1.94 bits per heavy atom. The van der Waals surface area contributed by atoms with Gasteiger partial charge >= 0.3 is 0 Å². The molecule has 0 amide bonds. The highest BCUT2D eigenvalue weighted by Gasteiger charge is 2.52. The lowest BCUT2D eigenvalue weighted by atomic mass is 9.49. The van der Waals surface area contributed by atoms with Gasteiger partial charge in [-0.05, 0) is 94.9 Å². The lowest BCUT2D eigenvalue weighted by Crippen LogP contribution is -2.53. The van der Waals surface area contributed by atoms with E-state index >= 15 is 0 Å². The smallest absolute Gasteiger partial charge is 0.0153 e. The molecule has 0 unspecified atom stereocenters. The highest BCUT2D eigenvalue weighted by atomic mass is 15.2. The summed E-state index contributed by atoms with van der Waals surface area (Å²) in [6, 6.07) is 0. The lowest BCUT2D eigenvalue weighted by molar-refractivity contribution is -0.0762. The minimum absolute atomic E-state index is 0.489. The van der Waals surface area contributed by atoms with Gasteiger partial charge in [-0.25, -0.2) is 0 Å². The molecule has 4 bridgehead atoms. The summed E-state index contributed by atoms with van der Waals surface area (Å²) in [5.74, 6) is 3.34. The third kappa shape index (κ3) is 1.77. The maximum atomic E-state index is 2.85. The summed E-state index contributed by atoms with van der Waals surface area (Å²) >= 11 is 0. The molecule has 18 heavy (non-hydrogen) atoms. The molecule has 0 aromatic carbocycles. The SMILES string of the molecule is CC1(C)CCCN1CC12CC3CC(CC(C3)C1)C2. The summed E-state index contributed by atoms with van der Waals surface area (Å²) < 4.78 is 0. The van der Waals surface area contributed by atoms with Crippen LogP contribution in [0, 0.1) is 23.2 Å².